The van der Waals surface area contributed by atoms with Crippen LogP contribution in [-0.2, 0) is 6.42 Å². The van der Waals surface area contributed by atoms with Crippen LogP contribution in [0.15, 0.2) is 30.6 Å². The van der Waals surface area contributed by atoms with E-state index in [0.29, 0.717) is 22.2 Å². The van der Waals surface area contributed by atoms with E-state index in [1.807, 2.05) is 0 Å². The predicted molar refractivity (Wildman–Crippen MR) is 68.7 cm³/mol. The fourth-order valence-electron chi connectivity index (χ4n) is 1.65. The zero-order chi connectivity index (χ0) is 13.8. The van der Waals surface area contributed by atoms with Crippen LogP contribution in [0.3, 0.4) is 0 Å². The molecule has 1 unspecified atom stereocenters. The van der Waals surface area contributed by atoms with Crippen molar-refractivity contribution in [3.8, 4) is 5.88 Å². The van der Waals surface area contributed by atoms with E-state index in [0.717, 1.165) is 0 Å². The molecule has 0 spiro atoms. The maximum atomic E-state index is 13.6. The Labute approximate surface area is 114 Å². The van der Waals surface area contributed by atoms with Crippen LogP contribution in [0.4, 0.5) is 4.39 Å². The second-order valence-electron chi connectivity index (χ2n) is 3.94. The van der Waals surface area contributed by atoms with Gasteiger partial charge in [0.15, 0.2) is 0 Å². The number of aliphatic hydroxyl groups is 1. The Balaban J connectivity index is 2.17. The largest absolute Gasteiger partial charge is 0.481 e. The van der Waals surface area contributed by atoms with Gasteiger partial charge in [0.25, 0.3) is 0 Å². The normalized spacial score (nSPS) is 12.2. The van der Waals surface area contributed by atoms with Gasteiger partial charge in [0.1, 0.15) is 18.2 Å². The Morgan fingerprint density at radius 2 is 2.16 bits per heavy atom. The fourth-order valence-corrected chi connectivity index (χ4v) is 1.81. The van der Waals surface area contributed by atoms with Gasteiger partial charge in [0.05, 0.1) is 12.8 Å². The minimum absolute atomic E-state index is 0.100. The van der Waals surface area contributed by atoms with Gasteiger partial charge in [-0.2, -0.15) is 0 Å². The summed E-state index contributed by atoms with van der Waals surface area (Å²) >= 11 is 5.67. The lowest BCUT2D eigenvalue weighted by molar-refractivity contribution is 0.171. The quantitative estimate of drug-likeness (QED) is 0.936. The smallest absolute Gasteiger partial charge is 0.216 e. The summed E-state index contributed by atoms with van der Waals surface area (Å²) in [7, 11) is 1.47. The molecule has 0 aliphatic carbocycles. The van der Waals surface area contributed by atoms with E-state index in [-0.39, 0.29) is 6.42 Å². The van der Waals surface area contributed by atoms with Crippen molar-refractivity contribution >= 4 is 11.6 Å². The number of aromatic nitrogens is 2. The summed E-state index contributed by atoms with van der Waals surface area (Å²) in [5.74, 6) is -0.104. The third kappa shape index (κ3) is 3.39. The number of hydrogen-bond acceptors (Lipinski definition) is 4. The summed E-state index contributed by atoms with van der Waals surface area (Å²) in [5.41, 5.74) is 0.746. The standard InChI is InChI=1S/C13H12ClFN2O2/c1-19-13-6-11(16-7-17-13)12(18)4-8-2-3-9(14)5-10(8)15/h2-3,5-7,12,18H,4H2,1H3. The molecule has 0 bridgehead atoms. The maximum absolute atomic E-state index is 13.6. The van der Waals surface area contributed by atoms with Gasteiger partial charge in [0.2, 0.25) is 5.88 Å². The fraction of sp³-hybridized carbons (Fsp3) is 0.231. The van der Waals surface area contributed by atoms with Crippen LogP contribution in [0, 0.1) is 5.82 Å². The monoisotopic (exact) mass is 282 g/mol. The zero-order valence-corrected chi connectivity index (χ0v) is 10.9. The van der Waals surface area contributed by atoms with Gasteiger partial charge in [-0.3, -0.25) is 0 Å². The SMILES string of the molecule is COc1cc(C(O)Cc2ccc(Cl)cc2F)ncn1. The van der Waals surface area contributed by atoms with Gasteiger partial charge < -0.3 is 9.84 Å². The molecular formula is C13H12ClFN2O2. The molecule has 1 N–H and O–H groups in total. The van der Waals surface area contributed by atoms with Crippen molar-refractivity contribution < 1.29 is 14.2 Å². The van der Waals surface area contributed by atoms with E-state index < -0.39 is 11.9 Å². The third-order valence-corrected chi connectivity index (χ3v) is 2.88. The number of hydrogen-bond donors (Lipinski definition) is 1. The molecule has 0 aliphatic rings. The molecule has 4 nitrogen and oxygen atoms in total. The van der Waals surface area contributed by atoms with Crippen LogP contribution in [0.2, 0.25) is 5.02 Å². The molecule has 0 saturated carbocycles. The number of methoxy groups -OCH3 is 1. The lowest BCUT2D eigenvalue weighted by Gasteiger charge is -2.11. The molecule has 0 fully saturated rings. The Hall–Kier alpha value is -1.72. The van der Waals surface area contributed by atoms with E-state index in [9.17, 15) is 9.50 Å². The van der Waals surface area contributed by atoms with Crippen molar-refractivity contribution in [2.24, 2.45) is 0 Å². The van der Waals surface area contributed by atoms with Gasteiger partial charge in [-0.1, -0.05) is 17.7 Å². The van der Waals surface area contributed by atoms with E-state index in [4.69, 9.17) is 16.3 Å². The molecule has 1 aromatic heterocycles. The van der Waals surface area contributed by atoms with Crippen LogP contribution >= 0.6 is 11.6 Å². The zero-order valence-electron chi connectivity index (χ0n) is 10.2. The summed E-state index contributed by atoms with van der Waals surface area (Å²) in [4.78, 5) is 7.78. The lowest BCUT2D eigenvalue weighted by Crippen LogP contribution is -2.06. The van der Waals surface area contributed by atoms with Gasteiger partial charge in [0, 0.05) is 17.5 Å². The molecule has 2 rings (SSSR count). The average Bonchev–Trinajstić information content (AvgIpc) is 2.42. The third-order valence-electron chi connectivity index (χ3n) is 2.64. The van der Waals surface area contributed by atoms with Crippen molar-refractivity contribution in [2.75, 3.05) is 7.11 Å². The average molecular weight is 283 g/mol. The predicted octanol–water partition coefficient (Wildman–Crippen LogP) is 2.55. The molecule has 1 aromatic carbocycles. The summed E-state index contributed by atoms with van der Waals surface area (Å²) < 4.78 is 18.6. The van der Waals surface area contributed by atoms with Crippen LogP contribution < -0.4 is 4.74 Å². The minimum Gasteiger partial charge on any atom is -0.481 e. The van der Waals surface area contributed by atoms with Crippen LogP contribution in [0.25, 0.3) is 0 Å². The van der Waals surface area contributed by atoms with Crippen LogP contribution in [0.1, 0.15) is 17.4 Å². The molecule has 0 saturated heterocycles. The number of aliphatic hydroxyl groups excluding tert-OH is 1. The van der Waals surface area contributed by atoms with Gasteiger partial charge in [-0.05, 0) is 17.7 Å². The molecular weight excluding hydrogens is 271 g/mol. The second-order valence-corrected chi connectivity index (χ2v) is 4.38. The first-order valence-corrected chi connectivity index (χ1v) is 5.96. The highest BCUT2D eigenvalue weighted by molar-refractivity contribution is 6.30. The maximum Gasteiger partial charge on any atom is 0.216 e. The molecule has 0 amide bonds. The molecule has 0 aliphatic heterocycles. The summed E-state index contributed by atoms with van der Waals surface area (Å²) in [5, 5.41) is 10.4. The Bertz CT molecular complexity index is 580. The number of rotatable bonds is 4. The van der Waals surface area contributed by atoms with Gasteiger partial charge >= 0.3 is 0 Å². The second kappa shape index (κ2) is 5.95. The number of ether oxygens (including phenoxy) is 1. The van der Waals surface area contributed by atoms with E-state index in [1.54, 1.807) is 12.1 Å². The van der Waals surface area contributed by atoms with Gasteiger partial charge in [-0.15, -0.1) is 0 Å². The highest BCUT2D eigenvalue weighted by Gasteiger charge is 2.14. The summed E-state index contributed by atoms with van der Waals surface area (Å²) in [6.45, 7) is 0. The molecule has 1 heterocycles. The molecule has 6 heteroatoms. The molecule has 100 valence electrons. The van der Waals surface area contributed by atoms with Crippen molar-refractivity contribution in [1.29, 1.82) is 0 Å². The van der Waals surface area contributed by atoms with Crippen molar-refractivity contribution in [3.63, 3.8) is 0 Å². The lowest BCUT2D eigenvalue weighted by atomic mass is 10.1. The Morgan fingerprint density at radius 3 is 2.84 bits per heavy atom. The first-order chi connectivity index (χ1) is 9.10. The van der Waals surface area contributed by atoms with Crippen molar-refractivity contribution in [1.82, 2.24) is 9.97 Å². The van der Waals surface area contributed by atoms with Crippen molar-refractivity contribution in [3.05, 3.63) is 52.7 Å². The molecule has 0 radical (unpaired) electrons. The Kier molecular flexibility index (Phi) is 4.29. The highest BCUT2D eigenvalue weighted by Crippen LogP contribution is 2.22. The molecule has 2 aromatic rings. The topological polar surface area (TPSA) is 55.2 Å². The number of halogens is 2. The highest BCUT2D eigenvalue weighted by atomic mass is 35.5. The first-order valence-electron chi connectivity index (χ1n) is 5.58. The number of benzene rings is 1. The van der Waals surface area contributed by atoms with Gasteiger partial charge in [-0.25, -0.2) is 14.4 Å². The Morgan fingerprint density at radius 1 is 1.37 bits per heavy atom. The van der Waals surface area contributed by atoms with E-state index in [1.165, 1.54) is 25.6 Å². The first kappa shape index (κ1) is 13.7. The van der Waals surface area contributed by atoms with Crippen LogP contribution in [0.5, 0.6) is 5.88 Å². The summed E-state index contributed by atoms with van der Waals surface area (Å²) in [6, 6.07) is 5.84. The van der Waals surface area contributed by atoms with Crippen LogP contribution in [-0.4, -0.2) is 22.2 Å². The molecule has 19 heavy (non-hydrogen) atoms. The number of nitrogens with zero attached hydrogens (tertiary/aromatic N) is 2. The molecule has 1 atom stereocenters. The summed E-state index contributed by atoms with van der Waals surface area (Å²) in [6.07, 6.45) is 0.450. The van der Waals surface area contributed by atoms with E-state index in [2.05, 4.69) is 9.97 Å². The van der Waals surface area contributed by atoms with Crippen molar-refractivity contribution in [2.45, 2.75) is 12.5 Å². The van der Waals surface area contributed by atoms with E-state index >= 15 is 0 Å². The minimum atomic E-state index is -0.937.